The molecule has 5 nitrogen and oxygen atoms in total. The molecular weight excluding hydrogens is 337 g/mol. The van der Waals surface area contributed by atoms with Gasteiger partial charge in [-0.2, -0.15) is 0 Å². The smallest absolute Gasteiger partial charge is 0.240 e. The third-order valence-corrected chi connectivity index (χ3v) is 4.25. The second-order valence-electron chi connectivity index (χ2n) is 5.78. The summed E-state index contributed by atoms with van der Waals surface area (Å²) >= 11 is 0. The van der Waals surface area contributed by atoms with Crippen LogP contribution < -0.4 is 15.5 Å². The van der Waals surface area contributed by atoms with E-state index in [9.17, 15) is 4.79 Å². The van der Waals surface area contributed by atoms with E-state index in [2.05, 4.69) is 27.7 Å². The molecule has 7 heteroatoms. The lowest BCUT2D eigenvalue weighted by Gasteiger charge is -2.30. The highest BCUT2D eigenvalue weighted by Gasteiger charge is 2.31. The van der Waals surface area contributed by atoms with Crippen LogP contribution in [0.15, 0.2) is 30.3 Å². The van der Waals surface area contributed by atoms with Crippen LogP contribution in [0.3, 0.4) is 0 Å². The second-order valence-corrected chi connectivity index (χ2v) is 5.78. The maximum atomic E-state index is 12.3. The van der Waals surface area contributed by atoms with Gasteiger partial charge in [-0.05, 0) is 25.5 Å². The average Bonchev–Trinajstić information content (AvgIpc) is 2.97. The van der Waals surface area contributed by atoms with E-state index in [4.69, 9.17) is 4.74 Å². The van der Waals surface area contributed by atoms with Gasteiger partial charge in [0.05, 0.1) is 12.7 Å². The predicted octanol–water partition coefficient (Wildman–Crippen LogP) is 1.60. The van der Waals surface area contributed by atoms with Crippen LogP contribution in [0.4, 0.5) is 5.69 Å². The minimum Gasteiger partial charge on any atom is -0.375 e. The van der Waals surface area contributed by atoms with Crippen molar-refractivity contribution >= 4 is 36.4 Å². The van der Waals surface area contributed by atoms with Gasteiger partial charge in [-0.1, -0.05) is 18.2 Å². The van der Waals surface area contributed by atoms with Crippen molar-refractivity contribution in [1.29, 1.82) is 0 Å². The molecule has 1 unspecified atom stereocenters. The third-order valence-electron chi connectivity index (χ3n) is 4.25. The number of amides is 1. The maximum absolute atomic E-state index is 12.3. The van der Waals surface area contributed by atoms with E-state index in [-0.39, 0.29) is 48.9 Å². The number of morpholine rings is 1. The van der Waals surface area contributed by atoms with Crippen LogP contribution in [-0.4, -0.2) is 50.3 Å². The number of nitrogens with zero attached hydrogens (tertiary/aromatic N) is 1. The number of benzene rings is 1. The number of halogens is 2. The number of carbonyl (C=O) groups is 1. The van der Waals surface area contributed by atoms with Crippen LogP contribution in [0.1, 0.15) is 13.3 Å². The number of para-hydroxylation sites is 1. The number of rotatable bonds is 3. The Balaban J connectivity index is 0.00000132. The Hall–Kier alpha value is -1.01. The Morgan fingerprint density at radius 3 is 2.74 bits per heavy atom. The Kier molecular flexibility index (Phi) is 8.12. The third kappa shape index (κ3) is 4.98. The fourth-order valence-electron chi connectivity index (χ4n) is 3.07. The number of anilines is 1. The highest BCUT2D eigenvalue weighted by atomic mass is 35.5. The second kappa shape index (κ2) is 9.33. The summed E-state index contributed by atoms with van der Waals surface area (Å²) in [7, 11) is 0. The predicted molar refractivity (Wildman–Crippen MR) is 96.9 cm³/mol. The molecule has 0 radical (unpaired) electrons. The van der Waals surface area contributed by atoms with Gasteiger partial charge in [-0.25, -0.2) is 0 Å². The molecule has 2 N–H and O–H groups in total. The van der Waals surface area contributed by atoms with Gasteiger partial charge in [-0.3, -0.25) is 4.79 Å². The van der Waals surface area contributed by atoms with Crippen molar-refractivity contribution < 1.29 is 9.53 Å². The van der Waals surface area contributed by atoms with E-state index in [1.54, 1.807) is 0 Å². The first kappa shape index (κ1) is 20.0. The Bertz CT molecular complexity index is 489. The van der Waals surface area contributed by atoms with Crippen LogP contribution >= 0.6 is 24.8 Å². The Labute approximate surface area is 150 Å². The normalized spacial score (nSPS) is 26.8. The molecule has 0 saturated carbocycles. The molecule has 2 aliphatic heterocycles. The first-order chi connectivity index (χ1) is 10.2. The molecule has 1 amide bonds. The summed E-state index contributed by atoms with van der Waals surface area (Å²) < 4.78 is 5.53. The molecule has 2 saturated heterocycles. The first-order valence-electron chi connectivity index (χ1n) is 7.69. The Morgan fingerprint density at radius 1 is 1.30 bits per heavy atom. The monoisotopic (exact) mass is 361 g/mol. The van der Waals surface area contributed by atoms with Crippen LogP contribution in [0.2, 0.25) is 0 Å². The van der Waals surface area contributed by atoms with Gasteiger partial charge in [0.1, 0.15) is 6.04 Å². The number of ether oxygens (including phenoxy) is 1. The van der Waals surface area contributed by atoms with Crippen LogP contribution in [0, 0.1) is 0 Å². The standard InChI is InChI=1S/C16H23N3O2.2ClH/c1-12-15(17-8-10-21-12)16(20)18-13-7-9-19(11-13)14-5-3-2-4-6-14;;/h2-6,12-13,15,17H,7-11H2,1H3,(H,18,20);2*1H/t12-,13?,15+;;/m1../s1. The highest BCUT2D eigenvalue weighted by molar-refractivity contribution is 5.85. The lowest BCUT2D eigenvalue weighted by Crippen LogP contribution is -2.57. The van der Waals surface area contributed by atoms with Crippen molar-refractivity contribution in [2.45, 2.75) is 31.5 Å². The van der Waals surface area contributed by atoms with Crippen LogP contribution in [0.5, 0.6) is 0 Å². The highest BCUT2D eigenvalue weighted by Crippen LogP contribution is 2.19. The molecule has 2 fully saturated rings. The molecular formula is C16H25Cl2N3O2. The fraction of sp³-hybridized carbons (Fsp3) is 0.562. The van der Waals surface area contributed by atoms with Gasteiger partial charge in [0.15, 0.2) is 0 Å². The van der Waals surface area contributed by atoms with Gasteiger partial charge in [0.2, 0.25) is 5.91 Å². The molecule has 0 aliphatic carbocycles. The summed E-state index contributed by atoms with van der Waals surface area (Å²) in [5.74, 6) is 0.0575. The summed E-state index contributed by atoms with van der Waals surface area (Å²) in [6, 6.07) is 10.3. The van der Waals surface area contributed by atoms with Crippen LogP contribution in [0.25, 0.3) is 0 Å². The van der Waals surface area contributed by atoms with Crippen molar-refractivity contribution in [2.24, 2.45) is 0 Å². The molecule has 3 rings (SSSR count). The summed E-state index contributed by atoms with van der Waals surface area (Å²) in [5, 5.41) is 6.39. The topological polar surface area (TPSA) is 53.6 Å². The molecule has 0 aromatic heterocycles. The van der Waals surface area contributed by atoms with E-state index in [0.29, 0.717) is 6.61 Å². The zero-order valence-corrected chi connectivity index (χ0v) is 14.9. The van der Waals surface area contributed by atoms with Gasteiger partial charge in [-0.15, -0.1) is 24.8 Å². The molecule has 23 heavy (non-hydrogen) atoms. The number of hydrogen-bond acceptors (Lipinski definition) is 4. The van der Waals surface area contributed by atoms with E-state index in [1.165, 1.54) is 5.69 Å². The average molecular weight is 362 g/mol. The van der Waals surface area contributed by atoms with Crippen molar-refractivity contribution in [3.63, 3.8) is 0 Å². The zero-order valence-electron chi connectivity index (χ0n) is 13.2. The summed E-state index contributed by atoms with van der Waals surface area (Å²) in [5.41, 5.74) is 1.22. The molecule has 0 spiro atoms. The van der Waals surface area contributed by atoms with Crippen molar-refractivity contribution in [3.8, 4) is 0 Å². The van der Waals surface area contributed by atoms with Crippen molar-refractivity contribution in [1.82, 2.24) is 10.6 Å². The van der Waals surface area contributed by atoms with Gasteiger partial charge >= 0.3 is 0 Å². The number of nitrogens with one attached hydrogen (secondary N) is 2. The summed E-state index contributed by atoms with van der Waals surface area (Å²) in [6.07, 6.45) is 0.924. The number of hydrogen-bond donors (Lipinski definition) is 2. The molecule has 0 bridgehead atoms. The quantitative estimate of drug-likeness (QED) is 0.858. The van der Waals surface area contributed by atoms with Crippen LogP contribution in [-0.2, 0) is 9.53 Å². The molecule has 3 atom stereocenters. The van der Waals surface area contributed by atoms with Gasteiger partial charge < -0.3 is 20.3 Å². The fourth-order valence-corrected chi connectivity index (χ4v) is 3.07. The van der Waals surface area contributed by atoms with Gasteiger partial charge in [0, 0.05) is 31.4 Å². The molecule has 2 aliphatic rings. The maximum Gasteiger partial charge on any atom is 0.240 e. The van der Waals surface area contributed by atoms with E-state index >= 15 is 0 Å². The van der Waals surface area contributed by atoms with E-state index in [1.807, 2.05) is 25.1 Å². The Morgan fingerprint density at radius 2 is 2.04 bits per heavy atom. The summed E-state index contributed by atoms with van der Waals surface area (Å²) in [6.45, 7) is 5.22. The zero-order chi connectivity index (χ0) is 14.7. The molecule has 2 heterocycles. The first-order valence-corrected chi connectivity index (χ1v) is 7.69. The minimum atomic E-state index is -0.232. The minimum absolute atomic E-state index is 0. The SMILES string of the molecule is C[C@H]1OCCN[C@@H]1C(=O)NC1CCN(c2ccccc2)C1.Cl.Cl. The lowest BCUT2D eigenvalue weighted by atomic mass is 10.1. The molecule has 130 valence electrons. The van der Waals surface area contributed by atoms with Crippen molar-refractivity contribution in [3.05, 3.63) is 30.3 Å². The molecule has 1 aromatic rings. The number of carbonyl (C=O) groups excluding carboxylic acids is 1. The largest absolute Gasteiger partial charge is 0.375 e. The summed E-state index contributed by atoms with van der Waals surface area (Å²) in [4.78, 5) is 14.7. The van der Waals surface area contributed by atoms with E-state index in [0.717, 1.165) is 26.1 Å². The van der Waals surface area contributed by atoms with Crippen molar-refractivity contribution in [2.75, 3.05) is 31.1 Å². The van der Waals surface area contributed by atoms with Gasteiger partial charge in [0.25, 0.3) is 0 Å². The lowest BCUT2D eigenvalue weighted by molar-refractivity contribution is -0.129. The molecule has 1 aromatic carbocycles. The van der Waals surface area contributed by atoms with E-state index < -0.39 is 0 Å².